The van der Waals surface area contributed by atoms with Crippen molar-refractivity contribution in [3.8, 4) is 0 Å². The first-order valence-electron chi connectivity index (χ1n) is 3.12. The first kappa shape index (κ1) is 8.64. The van der Waals surface area contributed by atoms with Crippen LogP contribution in [0.1, 0.15) is 5.56 Å². The summed E-state index contributed by atoms with van der Waals surface area (Å²) in [6.45, 7) is 0. The van der Waals surface area contributed by atoms with Crippen LogP contribution in [0, 0.1) is 5.82 Å². The van der Waals surface area contributed by atoms with Crippen LogP contribution in [0.4, 0.5) is 4.39 Å². The van der Waals surface area contributed by atoms with E-state index in [2.05, 4.69) is 0 Å². The maximum Gasteiger partial charge on any atom is 0.196 e. The van der Waals surface area contributed by atoms with Gasteiger partial charge in [0.2, 0.25) is 0 Å². The lowest BCUT2D eigenvalue weighted by Gasteiger charge is -1.96. The van der Waals surface area contributed by atoms with Crippen molar-refractivity contribution >= 4 is 26.4 Å². The van der Waals surface area contributed by atoms with Gasteiger partial charge in [0, 0.05) is 6.42 Å². The lowest BCUT2D eigenvalue weighted by Crippen LogP contribution is -1.95. The van der Waals surface area contributed by atoms with Crippen molar-refractivity contribution in [1.82, 2.24) is 0 Å². The SMILES string of the molecule is O=C(I)Cc1ccccc1F. The highest BCUT2D eigenvalue weighted by molar-refractivity contribution is 14.1. The zero-order chi connectivity index (χ0) is 8.27. The molecule has 0 bridgehead atoms. The third kappa shape index (κ3) is 2.57. The van der Waals surface area contributed by atoms with Crippen LogP contribution in [-0.4, -0.2) is 3.79 Å². The lowest BCUT2D eigenvalue weighted by atomic mass is 10.1. The number of carbonyl (C=O) groups is 1. The van der Waals surface area contributed by atoms with Crippen LogP contribution in [0.5, 0.6) is 0 Å². The number of hydrogen-bond donors (Lipinski definition) is 0. The van der Waals surface area contributed by atoms with Crippen LogP contribution in [0.3, 0.4) is 0 Å². The summed E-state index contributed by atoms with van der Waals surface area (Å²) in [7, 11) is 0. The van der Waals surface area contributed by atoms with Gasteiger partial charge in [-0.25, -0.2) is 4.39 Å². The molecule has 1 rings (SSSR count). The highest BCUT2D eigenvalue weighted by Crippen LogP contribution is 2.08. The number of rotatable bonds is 2. The molecule has 0 aliphatic rings. The van der Waals surface area contributed by atoms with Gasteiger partial charge in [0.05, 0.1) is 0 Å². The van der Waals surface area contributed by atoms with E-state index in [1.165, 1.54) is 6.07 Å². The van der Waals surface area contributed by atoms with E-state index in [-0.39, 0.29) is 16.0 Å². The van der Waals surface area contributed by atoms with Gasteiger partial charge in [-0.3, -0.25) is 4.79 Å². The second-order valence-electron chi connectivity index (χ2n) is 2.12. The summed E-state index contributed by atoms with van der Waals surface area (Å²) < 4.78 is 12.7. The minimum Gasteiger partial charge on any atom is -0.287 e. The van der Waals surface area contributed by atoms with E-state index in [4.69, 9.17) is 0 Å². The Kier molecular flexibility index (Phi) is 2.99. The summed E-state index contributed by atoms with van der Waals surface area (Å²) in [6.07, 6.45) is 0.174. The van der Waals surface area contributed by atoms with E-state index in [0.29, 0.717) is 5.56 Å². The second kappa shape index (κ2) is 3.80. The molecular formula is C8H6FIO. The molecule has 3 heteroatoms. The Balaban J connectivity index is 2.86. The van der Waals surface area contributed by atoms with E-state index < -0.39 is 0 Å². The predicted octanol–water partition coefficient (Wildman–Crippen LogP) is 2.33. The lowest BCUT2D eigenvalue weighted by molar-refractivity contribution is -0.108. The quantitative estimate of drug-likeness (QED) is 0.591. The van der Waals surface area contributed by atoms with Gasteiger partial charge < -0.3 is 0 Å². The molecule has 0 saturated carbocycles. The van der Waals surface area contributed by atoms with Gasteiger partial charge >= 0.3 is 0 Å². The molecule has 0 atom stereocenters. The smallest absolute Gasteiger partial charge is 0.196 e. The molecule has 11 heavy (non-hydrogen) atoms. The summed E-state index contributed by atoms with van der Waals surface area (Å²) in [4.78, 5) is 10.6. The topological polar surface area (TPSA) is 17.1 Å². The third-order valence-electron chi connectivity index (χ3n) is 1.29. The Morgan fingerprint density at radius 2 is 2.09 bits per heavy atom. The molecule has 1 aromatic carbocycles. The second-order valence-corrected chi connectivity index (χ2v) is 3.33. The van der Waals surface area contributed by atoms with Crippen LogP contribution < -0.4 is 0 Å². The molecule has 0 amide bonds. The zero-order valence-electron chi connectivity index (χ0n) is 5.68. The molecule has 0 aromatic heterocycles. The van der Waals surface area contributed by atoms with Crippen molar-refractivity contribution in [3.63, 3.8) is 0 Å². The molecule has 0 aliphatic carbocycles. The first-order valence-corrected chi connectivity index (χ1v) is 4.20. The zero-order valence-corrected chi connectivity index (χ0v) is 7.84. The summed E-state index contributed by atoms with van der Waals surface area (Å²) in [6, 6.07) is 6.30. The Morgan fingerprint density at radius 3 is 2.64 bits per heavy atom. The molecule has 0 N–H and O–H groups in total. The Labute approximate surface area is 77.8 Å². The predicted molar refractivity (Wildman–Crippen MR) is 49.1 cm³/mol. The normalized spacial score (nSPS) is 9.64. The number of carbonyl (C=O) groups excluding carboxylic acids is 1. The Hall–Kier alpha value is -0.450. The summed E-state index contributed by atoms with van der Waals surface area (Å²) in [5.41, 5.74) is 0.465. The van der Waals surface area contributed by atoms with Gasteiger partial charge in [-0.1, -0.05) is 18.2 Å². The van der Waals surface area contributed by atoms with E-state index in [0.717, 1.165) is 0 Å². The van der Waals surface area contributed by atoms with Gasteiger partial charge in [0.25, 0.3) is 0 Å². The van der Waals surface area contributed by atoms with E-state index in [1.54, 1.807) is 40.8 Å². The highest BCUT2D eigenvalue weighted by Gasteiger charge is 2.03. The van der Waals surface area contributed by atoms with Gasteiger partial charge in [-0.05, 0) is 34.2 Å². The molecule has 0 spiro atoms. The molecule has 1 nitrogen and oxygen atoms in total. The number of benzene rings is 1. The van der Waals surface area contributed by atoms with Gasteiger partial charge in [-0.15, -0.1) is 0 Å². The molecule has 0 saturated heterocycles. The fourth-order valence-corrected chi connectivity index (χ4v) is 1.20. The van der Waals surface area contributed by atoms with Crippen LogP contribution in [0.15, 0.2) is 24.3 Å². The monoisotopic (exact) mass is 264 g/mol. The molecule has 0 unspecified atom stereocenters. The average molecular weight is 264 g/mol. The van der Waals surface area contributed by atoms with Crippen molar-refractivity contribution in [1.29, 1.82) is 0 Å². The molecule has 58 valence electrons. The standard InChI is InChI=1S/C8H6FIO/c9-7-4-2-1-3-6(7)5-8(10)11/h1-4H,5H2. The molecule has 0 fully saturated rings. The molecule has 0 radical (unpaired) electrons. The third-order valence-corrected chi connectivity index (χ3v) is 1.67. The number of halogens is 2. The maximum absolute atomic E-state index is 12.8. The van der Waals surface area contributed by atoms with Gasteiger partial charge in [0.15, 0.2) is 3.79 Å². The van der Waals surface area contributed by atoms with Crippen LogP contribution >= 0.6 is 22.6 Å². The Morgan fingerprint density at radius 1 is 1.45 bits per heavy atom. The molecular weight excluding hydrogens is 258 g/mol. The summed E-state index contributed by atoms with van der Waals surface area (Å²) >= 11 is 1.66. The van der Waals surface area contributed by atoms with E-state index >= 15 is 0 Å². The van der Waals surface area contributed by atoms with Gasteiger partial charge in [-0.2, -0.15) is 0 Å². The average Bonchev–Trinajstić information content (AvgIpc) is 1.93. The fourth-order valence-electron chi connectivity index (χ4n) is 0.791. The van der Waals surface area contributed by atoms with Crippen molar-refractivity contribution in [2.75, 3.05) is 0 Å². The van der Waals surface area contributed by atoms with Crippen LogP contribution in [-0.2, 0) is 11.2 Å². The van der Waals surface area contributed by atoms with E-state index in [1.807, 2.05) is 0 Å². The minimum absolute atomic E-state index is 0.0484. The first-order chi connectivity index (χ1) is 5.20. The maximum atomic E-state index is 12.8. The molecule has 0 aliphatic heterocycles. The summed E-state index contributed by atoms with van der Waals surface area (Å²) in [5.74, 6) is -0.308. The van der Waals surface area contributed by atoms with Crippen molar-refractivity contribution in [2.24, 2.45) is 0 Å². The largest absolute Gasteiger partial charge is 0.287 e. The molecule has 0 heterocycles. The van der Waals surface area contributed by atoms with Crippen LogP contribution in [0.25, 0.3) is 0 Å². The van der Waals surface area contributed by atoms with Gasteiger partial charge in [0.1, 0.15) is 5.82 Å². The minimum atomic E-state index is -0.308. The number of hydrogen-bond acceptors (Lipinski definition) is 1. The van der Waals surface area contributed by atoms with Crippen molar-refractivity contribution in [2.45, 2.75) is 6.42 Å². The summed E-state index contributed by atoms with van der Waals surface area (Å²) in [5, 5.41) is 0. The highest BCUT2D eigenvalue weighted by atomic mass is 127. The van der Waals surface area contributed by atoms with E-state index in [9.17, 15) is 9.18 Å². The Bertz CT molecular complexity index is 273. The van der Waals surface area contributed by atoms with Crippen molar-refractivity contribution in [3.05, 3.63) is 35.6 Å². The van der Waals surface area contributed by atoms with Crippen molar-refractivity contribution < 1.29 is 9.18 Å². The van der Waals surface area contributed by atoms with Crippen LogP contribution in [0.2, 0.25) is 0 Å². The molecule has 1 aromatic rings. The fraction of sp³-hybridized carbons (Fsp3) is 0.125.